The molecule has 0 aliphatic heterocycles. The third-order valence-corrected chi connectivity index (χ3v) is 8.47. The van der Waals surface area contributed by atoms with Crippen LogP contribution in [0.3, 0.4) is 0 Å². The number of carboxylic acid groups (broad SMARTS) is 2. The van der Waals surface area contributed by atoms with Crippen LogP contribution >= 0.6 is 0 Å². The summed E-state index contributed by atoms with van der Waals surface area (Å²) < 4.78 is 0. The van der Waals surface area contributed by atoms with Crippen molar-refractivity contribution in [3.05, 3.63) is 0 Å². The molecule has 1 radical (unpaired) electrons. The van der Waals surface area contributed by atoms with Gasteiger partial charge in [0.05, 0.1) is 0 Å². The normalized spacial score (nSPS) is 10.7. The van der Waals surface area contributed by atoms with Crippen molar-refractivity contribution in [1.29, 1.82) is 0 Å². The van der Waals surface area contributed by atoms with Crippen LogP contribution in [0.4, 0.5) is 0 Å². The van der Waals surface area contributed by atoms with Crippen LogP contribution in [0.15, 0.2) is 0 Å². The smallest absolute Gasteiger partial charge is 0.550 e. The van der Waals surface area contributed by atoms with Gasteiger partial charge < -0.3 is 19.8 Å². The van der Waals surface area contributed by atoms with E-state index in [0.29, 0.717) is 0 Å². The van der Waals surface area contributed by atoms with Crippen molar-refractivity contribution < 1.29 is 36.9 Å². The molecule has 0 aromatic carbocycles. The first-order chi connectivity index (χ1) is 20.5. The molecule has 0 bridgehead atoms. The van der Waals surface area contributed by atoms with Crippen LogP contribution in [-0.4, -0.2) is 11.9 Å². The summed E-state index contributed by atoms with van der Waals surface area (Å²) in [6, 6.07) is 0. The Morgan fingerprint density at radius 2 is 0.442 bits per heavy atom. The van der Waals surface area contributed by atoms with E-state index in [0.717, 1.165) is 25.7 Å². The number of carboxylic acids is 2. The SMILES string of the molecule is CCCCCCCCCCCCCCCCCCC(=O)[O-].CCCCCCCCCCCCCCCCCCC(=O)[O-].[Cu+2]. The number of carbonyl (C=O) groups is 2. The van der Waals surface area contributed by atoms with Crippen molar-refractivity contribution in [3.63, 3.8) is 0 Å². The number of rotatable bonds is 34. The molecule has 0 aromatic heterocycles. The Morgan fingerprint density at radius 1 is 0.302 bits per heavy atom. The second kappa shape index (κ2) is 43.6. The molecule has 0 aliphatic rings. The average Bonchev–Trinajstić information content (AvgIpc) is 2.97. The number of carbonyl (C=O) groups excluding carboxylic acids is 2. The molecule has 0 saturated carbocycles. The fraction of sp³-hybridized carbons (Fsp3) is 0.947. The average molecular weight is 659 g/mol. The largest absolute Gasteiger partial charge is 2.00 e. The molecular weight excluding hydrogens is 584 g/mol. The van der Waals surface area contributed by atoms with E-state index in [9.17, 15) is 19.8 Å². The molecule has 0 fully saturated rings. The Balaban J connectivity index is -0.000000727. The molecule has 5 heteroatoms. The summed E-state index contributed by atoms with van der Waals surface area (Å²) >= 11 is 0. The summed E-state index contributed by atoms with van der Waals surface area (Å²) in [7, 11) is 0. The molecule has 0 N–H and O–H groups in total. The van der Waals surface area contributed by atoms with Crippen LogP contribution in [0.1, 0.15) is 232 Å². The van der Waals surface area contributed by atoms with Gasteiger partial charge in [0, 0.05) is 11.9 Å². The van der Waals surface area contributed by atoms with Crippen LogP contribution in [0.5, 0.6) is 0 Å². The maximum absolute atomic E-state index is 10.2. The molecule has 0 amide bonds. The molecule has 0 aliphatic carbocycles. The molecule has 0 heterocycles. The summed E-state index contributed by atoms with van der Waals surface area (Å²) in [5.74, 6) is -1.80. The first kappa shape index (κ1) is 46.9. The van der Waals surface area contributed by atoms with Crippen molar-refractivity contribution in [1.82, 2.24) is 0 Å². The maximum atomic E-state index is 10.2. The number of hydrogen-bond acceptors (Lipinski definition) is 4. The van der Waals surface area contributed by atoms with E-state index < -0.39 is 11.9 Å². The zero-order valence-corrected chi connectivity index (χ0v) is 29.9. The summed E-state index contributed by atoms with van der Waals surface area (Å²) in [6.07, 6.45) is 42.7. The third kappa shape index (κ3) is 51.3. The summed E-state index contributed by atoms with van der Waals surface area (Å²) in [5.41, 5.74) is 0. The molecule has 0 atom stereocenters. The molecule has 0 rings (SSSR count). The number of unbranched alkanes of at least 4 members (excludes halogenated alkanes) is 30. The monoisotopic (exact) mass is 657 g/mol. The van der Waals surface area contributed by atoms with Crippen LogP contribution < -0.4 is 10.2 Å². The zero-order valence-electron chi connectivity index (χ0n) is 29.0. The van der Waals surface area contributed by atoms with Gasteiger partial charge >= 0.3 is 17.1 Å². The van der Waals surface area contributed by atoms with Gasteiger partial charge in [-0.2, -0.15) is 0 Å². The molecule has 4 nitrogen and oxygen atoms in total. The molecule has 43 heavy (non-hydrogen) atoms. The van der Waals surface area contributed by atoms with Crippen molar-refractivity contribution in [2.45, 2.75) is 232 Å². The predicted octanol–water partition coefficient (Wildman–Crippen LogP) is 10.8. The van der Waals surface area contributed by atoms with Gasteiger partial charge in [0.1, 0.15) is 0 Å². The van der Waals surface area contributed by atoms with Gasteiger partial charge in [-0.25, -0.2) is 0 Å². The van der Waals surface area contributed by atoms with E-state index in [1.54, 1.807) is 0 Å². The Kier molecular flexibility index (Phi) is 47.5. The van der Waals surface area contributed by atoms with Crippen LogP contribution in [0, 0.1) is 0 Å². The van der Waals surface area contributed by atoms with Crippen LogP contribution in [0.25, 0.3) is 0 Å². The molecule has 0 spiro atoms. The Morgan fingerprint density at radius 3 is 0.581 bits per heavy atom. The van der Waals surface area contributed by atoms with E-state index in [1.165, 1.54) is 180 Å². The van der Waals surface area contributed by atoms with E-state index in [-0.39, 0.29) is 29.9 Å². The molecule has 261 valence electrons. The van der Waals surface area contributed by atoms with Gasteiger partial charge in [-0.15, -0.1) is 0 Å². The predicted molar refractivity (Wildman–Crippen MR) is 178 cm³/mol. The minimum atomic E-state index is -0.902. The fourth-order valence-electron chi connectivity index (χ4n) is 5.63. The van der Waals surface area contributed by atoms with Gasteiger partial charge in [-0.3, -0.25) is 0 Å². The van der Waals surface area contributed by atoms with Gasteiger partial charge in [-0.05, 0) is 25.7 Å². The van der Waals surface area contributed by atoms with Crippen molar-refractivity contribution in [3.8, 4) is 0 Å². The van der Waals surface area contributed by atoms with Gasteiger partial charge in [0.25, 0.3) is 0 Å². The summed E-state index contributed by atoms with van der Waals surface area (Å²) in [5, 5.41) is 20.5. The van der Waals surface area contributed by atoms with Crippen LogP contribution in [0.2, 0.25) is 0 Å². The summed E-state index contributed by atoms with van der Waals surface area (Å²) in [4.78, 5) is 20.5. The number of hydrogen-bond donors (Lipinski definition) is 0. The van der Waals surface area contributed by atoms with Crippen molar-refractivity contribution in [2.24, 2.45) is 0 Å². The third-order valence-electron chi connectivity index (χ3n) is 8.47. The van der Waals surface area contributed by atoms with Gasteiger partial charge in [0.15, 0.2) is 0 Å². The van der Waals surface area contributed by atoms with E-state index in [2.05, 4.69) is 13.8 Å². The van der Waals surface area contributed by atoms with E-state index in [4.69, 9.17) is 0 Å². The topological polar surface area (TPSA) is 80.3 Å². The Labute approximate surface area is 280 Å². The fourth-order valence-corrected chi connectivity index (χ4v) is 5.63. The first-order valence-corrected chi connectivity index (χ1v) is 18.9. The van der Waals surface area contributed by atoms with Crippen LogP contribution in [-0.2, 0) is 26.7 Å². The number of aliphatic carboxylic acids is 2. The summed E-state index contributed by atoms with van der Waals surface area (Å²) in [6.45, 7) is 4.54. The maximum Gasteiger partial charge on any atom is 2.00 e. The standard InChI is InChI=1S/2C19H38O2.Cu/c2*1-2-3-4-5-6-7-8-9-10-11-12-13-14-15-16-17-18-19(20)21;/h2*2-18H2,1H3,(H,20,21);/q;;+2/p-2. The van der Waals surface area contributed by atoms with E-state index in [1.807, 2.05) is 0 Å². The Hall–Kier alpha value is -0.541. The minimum Gasteiger partial charge on any atom is -0.550 e. The molecule has 0 aromatic rings. The molecule has 0 unspecified atom stereocenters. The molecule has 0 saturated heterocycles. The zero-order chi connectivity index (χ0) is 31.2. The Bertz CT molecular complexity index is 480. The van der Waals surface area contributed by atoms with Crippen molar-refractivity contribution in [2.75, 3.05) is 0 Å². The second-order valence-corrected chi connectivity index (χ2v) is 12.9. The quantitative estimate of drug-likeness (QED) is 0.0509. The minimum absolute atomic E-state index is 0. The first-order valence-electron chi connectivity index (χ1n) is 18.9. The van der Waals surface area contributed by atoms with E-state index >= 15 is 0 Å². The second-order valence-electron chi connectivity index (χ2n) is 12.9. The van der Waals surface area contributed by atoms with Gasteiger partial charge in [-0.1, -0.05) is 206 Å². The van der Waals surface area contributed by atoms with Crippen molar-refractivity contribution >= 4 is 11.9 Å². The van der Waals surface area contributed by atoms with Gasteiger partial charge in [0.2, 0.25) is 0 Å². The molecular formula is C38H74CuO4.